The molecule has 1 saturated heterocycles. The van der Waals surface area contributed by atoms with Crippen LogP contribution in [0.25, 0.3) is 0 Å². The van der Waals surface area contributed by atoms with Gasteiger partial charge >= 0.3 is 0 Å². The maximum absolute atomic E-state index is 11.8. The van der Waals surface area contributed by atoms with Crippen molar-refractivity contribution < 1.29 is 4.79 Å². The van der Waals surface area contributed by atoms with E-state index in [1.165, 1.54) is 0 Å². The first-order valence-electron chi connectivity index (χ1n) is 4.86. The molecular weight excluding hydrogens is 162 g/mol. The number of carbonyl (C=O) groups excluding carboxylic acids is 1. The molecule has 0 aromatic heterocycles. The van der Waals surface area contributed by atoms with Crippen molar-refractivity contribution in [2.75, 3.05) is 0 Å². The van der Waals surface area contributed by atoms with Gasteiger partial charge in [-0.1, -0.05) is 13.5 Å². The zero-order valence-corrected chi connectivity index (χ0v) is 9.05. The second-order valence-corrected chi connectivity index (χ2v) is 4.85. The van der Waals surface area contributed by atoms with Crippen LogP contribution in [-0.4, -0.2) is 16.3 Å². The van der Waals surface area contributed by atoms with E-state index in [9.17, 15) is 4.79 Å². The molecule has 74 valence electrons. The molecule has 0 N–H and O–H groups in total. The number of carbonyl (C=O) groups is 1. The van der Waals surface area contributed by atoms with Crippen molar-refractivity contribution >= 4 is 5.91 Å². The minimum absolute atomic E-state index is 0.122. The van der Waals surface area contributed by atoms with Crippen LogP contribution in [0.15, 0.2) is 12.3 Å². The Morgan fingerprint density at radius 3 is 2.38 bits per heavy atom. The van der Waals surface area contributed by atoms with Crippen molar-refractivity contribution in [3.05, 3.63) is 12.3 Å². The minimum Gasteiger partial charge on any atom is -0.311 e. The van der Waals surface area contributed by atoms with Crippen molar-refractivity contribution in [3.8, 4) is 0 Å². The number of allylic oxidation sites excluding steroid dienone is 1. The van der Waals surface area contributed by atoms with Crippen LogP contribution in [0, 0.1) is 5.92 Å². The molecule has 0 radical (unpaired) electrons. The van der Waals surface area contributed by atoms with Crippen molar-refractivity contribution in [1.29, 1.82) is 0 Å². The Kier molecular flexibility index (Phi) is 2.51. The molecule has 1 atom stereocenters. The van der Waals surface area contributed by atoms with Gasteiger partial charge in [0.15, 0.2) is 0 Å². The predicted octanol–water partition coefficient (Wildman–Crippen LogP) is 2.56. The second-order valence-electron chi connectivity index (χ2n) is 4.85. The van der Waals surface area contributed by atoms with Crippen LogP contribution in [0.3, 0.4) is 0 Å². The summed E-state index contributed by atoms with van der Waals surface area (Å²) < 4.78 is 0. The summed E-state index contributed by atoms with van der Waals surface area (Å²) in [6.45, 7) is 12.1. The Balaban J connectivity index is 2.91. The Hall–Kier alpha value is -0.790. The fourth-order valence-corrected chi connectivity index (χ4v) is 1.80. The molecule has 1 amide bonds. The van der Waals surface area contributed by atoms with Gasteiger partial charge in [0, 0.05) is 17.2 Å². The van der Waals surface area contributed by atoms with Crippen LogP contribution in [0.1, 0.15) is 40.5 Å². The highest BCUT2D eigenvalue weighted by Gasteiger charge is 2.34. The van der Waals surface area contributed by atoms with Crippen LogP contribution < -0.4 is 0 Å². The van der Waals surface area contributed by atoms with Crippen LogP contribution in [0.4, 0.5) is 0 Å². The SMILES string of the molecule is C=C1CCC(C)C(=O)N1C(C)(C)C. The topological polar surface area (TPSA) is 20.3 Å². The predicted molar refractivity (Wildman–Crippen MR) is 54.1 cm³/mol. The molecule has 0 aliphatic carbocycles. The maximum atomic E-state index is 11.8. The molecule has 2 heteroatoms. The molecule has 0 bridgehead atoms. The zero-order chi connectivity index (χ0) is 10.2. The van der Waals surface area contributed by atoms with E-state index in [1.54, 1.807) is 0 Å². The number of hydrogen-bond acceptors (Lipinski definition) is 1. The quantitative estimate of drug-likeness (QED) is 0.562. The largest absolute Gasteiger partial charge is 0.311 e. The molecule has 1 unspecified atom stereocenters. The monoisotopic (exact) mass is 181 g/mol. The summed E-state index contributed by atoms with van der Waals surface area (Å²) in [5, 5.41) is 0. The van der Waals surface area contributed by atoms with Gasteiger partial charge in [-0.3, -0.25) is 4.79 Å². The Morgan fingerprint density at radius 2 is 2.00 bits per heavy atom. The van der Waals surface area contributed by atoms with E-state index in [4.69, 9.17) is 0 Å². The first kappa shape index (κ1) is 10.3. The number of hydrogen-bond donors (Lipinski definition) is 0. The van der Waals surface area contributed by atoms with Gasteiger partial charge in [-0.15, -0.1) is 0 Å². The summed E-state index contributed by atoms with van der Waals surface area (Å²) >= 11 is 0. The van der Waals surface area contributed by atoms with E-state index >= 15 is 0 Å². The summed E-state index contributed by atoms with van der Waals surface area (Å²) in [5.74, 6) is 0.383. The van der Waals surface area contributed by atoms with Gasteiger partial charge in [0.2, 0.25) is 5.91 Å². The Bertz CT molecular complexity index is 237. The number of piperidine rings is 1. The zero-order valence-electron chi connectivity index (χ0n) is 9.05. The van der Waals surface area contributed by atoms with Gasteiger partial charge in [-0.25, -0.2) is 0 Å². The molecule has 0 aromatic rings. The minimum atomic E-state index is -0.122. The first-order chi connectivity index (χ1) is 5.84. The summed E-state index contributed by atoms with van der Waals surface area (Å²) in [4.78, 5) is 13.7. The lowest BCUT2D eigenvalue weighted by Gasteiger charge is -2.42. The van der Waals surface area contributed by atoms with Gasteiger partial charge in [0.05, 0.1) is 0 Å². The average Bonchev–Trinajstić information content (AvgIpc) is 1.95. The summed E-state index contributed by atoms with van der Waals surface area (Å²) in [5.41, 5.74) is 0.846. The second kappa shape index (κ2) is 3.17. The van der Waals surface area contributed by atoms with Gasteiger partial charge in [0.1, 0.15) is 0 Å². The molecular formula is C11H19NO. The molecule has 1 heterocycles. The van der Waals surface area contributed by atoms with E-state index < -0.39 is 0 Å². The Morgan fingerprint density at radius 1 is 1.46 bits per heavy atom. The van der Waals surface area contributed by atoms with Gasteiger partial charge in [-0.2, -0.15) is 0 Å². The first-order valence-corrected chi connectivity index (χ1v) is 4.86. The normalized spacial score (nSPS) is 25.2. The number of amides is 1. The molecule has 2 nitrogen and oxygen atoms in total. The smallest absolute Gasteiger partial charge is 0.230 e. The fourth-order valence-electron chi connectivity index (χ4n) is 1.80. The third-order valence-corrected chi connectivity index (χ3v) is 2.49. The molecule has 0 spiro atoms. The summed E-state index contributed by atoms with van der Waals surface area (Å²) in [6, 6.07) is 0. The third-order valence-electron chi connectivity index (χ3n) is 2.49. The fraction of sp³-hybridized carbons (Fsp3) is 0.727. The number of nitrogens with zero attached hydrogens (tertiary/aromatic N) is 1. The van der Waals surface area contributed by atoms with Crippen molar-refractivity contribution in [2.45, 2.75) is 46.1 Å². The third kappa shape index (κ3) is 1.93. The van der Waals surface area contributed by atoms with E-state index in [2.05, 4.69) is 6.58 Å². The van der Waals surface area contributed by atoms with E-state index in [-0.39, 0.29) is 17.4 Å². The van der Waals surface area contributed by atoms with E-state index in [0.717, 1.165) is 18.5 Å². The standard InChI is InChI=1S/C11H19NO/c1-8-6-7-9(2)12(10(8)13)11(3,4)5/h8H,2,6-7H2,1,3-5H3. The number of likely N-dealkylation sites (tertiary alicyclic amines) is 1. The highest BCUT2D eigenvalue weighted by Crippen LogP contribution is 2.30. The molecule has 1 fully saturated rings. The highest BCUT2D eigenvalue weighted by molar-refractivity contribution is 5.82. The molecule has 13 heavy (non-hydrogen) atoms. The lowest BCUT2D eigenvalue weighted by Crippen LogP contribution is -2.49. The van der Waals surface area contributed by atoms with Crippen LogP contribution in [0.2, 0.25) is 0 Å². The Labute approximate surface area is 80.6 Å². The van der Waals surface area contributed by atoms with Crippen LogP contribution in [0.5, 0.6) is 0 Å². The van der Waals surface area contributed by atoms with Crippen molar-refractivity contribution in [2.24, 2.45) is 5.92 Å². The van der Waals surface area contributed by atoms with Gasteiger partial charge in [-0.05, 0) is 33.6 Å². The van der Waals surface area contributed by atoms with Crippen molar-refractivity contribution in [1.82, 2.24) is 4.90 Å². The molecule has 1 aliphatic heterocycles. The average molecular weight is 181 g/mol. The van der Waals surface area contributed by atoms with Gasteiger partial charge in [0.25, 0.3) is 0 Å². The van der Waals surface area contributed by atoms with E-state index in [0.29, 0.717) is 0 Å². The lowest BCUT2D eigenvalue weighted by molar-refractivity contribution is -0.139. The molecule has 0 aromatic carbocycles. The number of rotatable bonds is 0. The van der Waals surface area contributed by atoms with Crippen molar-refractivity contribution in [3.63, 3.8) is 0 Å². The van der Waals surface area contributed by atoms with Crippen LogP contribution in [-0.2, 0) is 4.79 Å². The molecule has 1 rings (SSSR count). The van der Waals surface area contributed by atoms with Gasteiger partial charge < -0.3 is 4.90 Å². The molecule has 0 saturated carbocycles. The summed E-state index contributed by atoms with van der Waals surface area (Å²) in [6.07, 6.45) is 1.90. The maximum Gasteiger partial charge on any atom is 0.230 e. The highest BCUT2D eigenvalue weighted by atomic mass is 16.2. The summed E-state index contributed by atoms with van der Waals surface area (Å²) in [7, 11) is 0. The van der Waals surface area contributed by atoms with Crippen LogP contribution >= 0.6 is 0 Å². The lowest BCUT2D eigenvalue weighted by atomic mass is 9.92. The van der Waals surface area contributed by atoms with E-state index in [1.807, 2.05) is 32.6 Å². The molecule has 1 aliphatic rings.